The number of nitrogens with one attached hydrogen (secondary N) is 1. The van der Waals surface area contributed by atoms with Crippen LogP contribution in [-0.2, 0) is 11.2 Å². The van der Waals surface area contributed by atoms with Gasteiger partial charge in [-0.05, 0) is 19.2 Å². The number of aryl methyl sites for hydroxylation is 1. The van der Waals surface area contributed by atoms with Gasteiger partial charge in [0.2, 0.25) is 17.6 Å². The summed E-state index contributed by atoms with van der Waals surface area (Å²) in [6, 6.07) is 3.62. The van der Waals surface area contributed by atoms with E-state index in [9.17, 15) is 4.79 Å². The van der Waals surface area contributed by atoms with E-state index in [1.165, 1.54) is 0 Å². The Labute approximate surface area is 123 Å². The Morgan fingerprint density at radius 1 is 1.38 bits per heavy atom. The van der Waals surface area contributed by atoms with Crippen molar-refractivity contribution in [2.24, 2.45) is 0 Å². The third kappa shape index (κ3) is 4.35. The molecule has 112 valence electrons. The molecule has 0 radical (unpaired) electrons. The predicted octanol–water partition coefficient (Wildman–Crippen LogP) is 0.742. The van der Waals surface area contributed by atoms with Gasteiger partial charge in [0.25, 0.3) is 0 Å². The molecular formula is C14H19N5O2. The van der Waals surface area contributed by atoms with Crippen LogP contribution in [-0.4, -0.2) is 53.1 Å². The Morgan fingerprint density at radius 2 is 2.14 bits per heavy atom. The van der Waals surface area contributed by atoms with E-state index >= 15 is 0 Å². The van der Waals surface area contributed by atoms with Gasteiger partial charge >= 0.3 is 0 Å². The number of carbonyl (C=O) groups is 1. The lowest BCUT2D eigenvalue weighted by molar-refractivity contribution is -0.129. The molecule has 0 fully saturated rings. The first kappa shape index (κ1) is 15.1. The number of carbonyl (C=O) groups excluding carboxylic acids is 1. The molecule has 2 rings (SSSR count). The fourth-order valence-corrected chi connectivity index (χ4v) is 1.78. The van der Waals surface area contributed by atoms with E-state index in [2.05, 4.69) is 20.4 Å². The molecule has 2 heterocycles. The van der Waals surface area contributed by atoms with Crippen molar-refractivity contribution in [3.63, 3.8) is 0 Å². The molecule has 0 aromatic carbocycles. The van der Waals surface area contributed by atoms with E-state index < -0.39 is 0 Å². The Bertz CT molecular complexity index is 570. The lowest BCUT2D eigenvalue weighted by Crippen LogP contribution is -2.32. The van der Waals surface area contributed by atoms with Crippen LogP contribution in [0, 0.1) is 0 Å². The second-order valence-electron chi connectivity index (χ2n) is 4.67. The summed E-state index contributed by atoms with van der Waals surface area (Å²) in [4.78, 5) is 21.8. The molecule has 0 aliphatic heterocycles. The third-order valence-corrected chi connectivity index (χ3v) is 3.08. The van der Waals surface area contributed by atoms with Crippen molar-refractivity contribution >= 4 is 5.91 Å². The van der Waals surface area contributed by atoms with Crippen molar-refractivity contribution in [1.29, 1.82) is 0 Å². The standard InChI is InChI=1S/C14H19N5O2/c1-15-9-10-19(2)13(20)4-3-12-17-14(18-21-12)11-5-7-16-8-6-11/h5-8,15H,3-4,9-10H2,1-2H3. The van der Waals surface area contributed by atoms with Crippen molar-refractivity contribution in [2.75, 3.05) is 27.2 Å². The van der Waals surface area contributed by atoms with Crippen LogP contribution in [0.3, 0.4) is 0 Å². The molecule has 0 saturated carbocycles. The van der Waals surface area contributed by atoms with Crippen LogP contribution in [0.4, 0.5) is 0 Å². The summed E-state index contributed by atoms with van der Waals surface area (Å²) in [5.41, 5.74) is 0.845. The zero-order valence-electron chi connectivity index (χ0n) is 12.2. The minimum atomic E-state index is 0.0638. The summed E-state index contributed by atoms with van der Waals surface area (Å²) >= 11 is 0. The molecule has 0 aliphatic rings. The van der Waals surface area contributed by atoms with Crippen LogP contribution in [0.1, 0.15) is 12.3 Å². The summed E-state index contributed by atoms with van der Waals surface area (Å²) in [6.45, 7) is 1.45. The highest BCUT2D eigenvalue weighted by Gasteiger charge is 2.12. The fraction of sp³-hybridized carbons (Fsp3) is 0.429. The summed E-state index contributed by atoms with van der Waals surface area (Å²) < 4.78 is 5.17. The molecule has 1 N–H and O–H groups in total. The number of nitrogens with zero attached hydrogens (tertiary/aromatic N) is 4. The third-order valence-electron chi connectivity index (χ3n) is 3.08. The van der Waals surface area contributed by atoms with Crippen molar-refractivity contribution in [3.8, 4) is 11.4 Å². The highest BCUT2D eigenvalue weighted by Crippen LogP contribution is 2.14. The number of likely N-dealkylation sites (N-methyl/N-ethyl adjacent to an activating group) is 2. The van der Waals surface area contributed by atoms with Crippen LogP contribution < -0.4 is 5.32 Å². The Balaban J connectivity index is 1.87. The average molecular weight is 289 g/mol. The van der Waals surface area contributed by atoms with Crippen LogP contribution >= 0.6 is 0 Å². The molecular weight excluding hydrogens is 270 g/mol. The maximum absolute atomic E-state index is 11.9. The van der Waals surface area contributed by atoms with Crippen molar-refractivity contribution < 1.29 is 9.32 Å². The zero-order valence-corrected chi connectivity index (χ0v) is 12.2. The number of aromatic nitrogens is 3. The van der Waals surface area contributed by atoms with Gasteiger partial charge in [-0.1, -0.05) is 5.16 Å². The summed E-state index contributed by atoms with van der Waals surface area (Å²) in [7, 11) is 3.65. The van der Waals surface area contributed by atoms with Crippen molar-refractivity contribution in [1.82, 2.24) is 25.3 Å². The van der Waals surface area contributed by atoms with Gasteiger partial charge < -0.3 is 14.7 Å². The zero-order chi connectivity index (χ0) is 15.1. The monoisotopic (exact) mass is 289 g/mol. The van der Waals surface area contributed by atoms with E-state index in [-0.39, 0.29) is 5.91 Å². The van der Waals surface area contributed by atoms with Crippen LogP contribution in [0.15, 0.2) is 29.0 Å². The Kier molecular flexibility index (Phi) is 5.39. The normalized spacial score (nSPS) is 10.6. The number of hydrogen-bond donors (Lipinski definition) is 1. The molecule has 7 heteroatoms. The molecule has 2 aromatic heterocycles. The summed E-state index contributed by atoms with van der Waals surface area (Å²) in [5.74, 6) is 1.05. The van der Waals surface area contributed by atoms with E-state index in [1.54, 1.807) is 24.3 Å². The van der Waals surface area contributed by atoms with E-state index in [1.807, 2.05) is 19.2 Å². The smallest absolute Gasteiger partial charge is 0.227 e. The van der Waals surface area contributed by atoms with E-state index in [0.29, 0.717) is 31.1 Å². The van der Waals surface area contributed by atoms with Crippen LogP contribution in [0.5, 0.6) is 0 Å². The second-order valence-corrected chi connectivity index (χ2v) is 4.67. The van der Waals surface area contributed by atoms with Gasteiger partial charge in [-0.15, -0.1) is 0 Å². The maximum atomic E-state index is 11.9. The predicted molar refractivity (Wildman–Crippen MR) is 77.4 cm³/mol. The van der Waals surface area contributed by atoms with Gasteiger partial charge in [0, 0.05) is 50.9 Å². The average Bonchev–Trinajstić information content (AvgIpc) is 3.00. The Morgan fingerprint density at radius 3 is 2.86 bits per heavy atom. The second kappa shape index (κ2) is 7.49. The first-order chi connectivity index (χ1) is 10.2. The molecule has 7 nitrogen and oxygen atoms in total. The SMILES string of the molecule is CNCCN(C)C(=O)CCc1nc(-c2ccncc2)no1. The molecule has 0 bridgehead atoms. The van der Waals surface area contributed by atoms with Gasteiger partial charge in [0.1, 0.15) is 0 Å². The van der Waals surface area contributed by atoms with Gasteiger partial charge in [0.05, 0.1) is 0 Å². The molecule has 0 unspecified atom stereocenters. The van der Waals surface area contributed by atoms with Crippen LogP contribution in [0.25, 0.3) is 11.4 Å². The quantitative estimate of drug-likeness (QED) is 0.809. The molecule has 21 heavy (non-hydrogen) atoms. The minimum Gasteiger partial charge on any atom is -0.344 e. The molecule has 0 saturated heterocycles. The highest BCUT2D eigenvalue weighted by atomic mass is 16.5. The molecule has 2 aromatic rings. The topological polar surface area (TPSA) is 84.2 Å². The highest BCUT2D eigenvalue weighted by molar-refractivity contribution is 5.76. The molecule has 0 aliphatic carbocycles. The number of pyridine rings is 1. The van der Waals surface area contributed by atoms with Gasteiger partial charge in [-0.3, -0.25) is 9.78 Å². The van der Waals surface area contributed by atoms with Crippen molar-refractivity contribution in [2.45, 2.75) is 12.8 Å². The van der Waals surface area contributed by atoms with Gasteiger partial charge in [0.15, 0.2) is 0 Å². The lowest BCUT2D eigenvalue weighted by Gasteiger charge is -2.16. The largest absolute Gasteiger partial charge is 0.344 e. The van der Waals surface area contributed by atoms with Crippen LogP contribution in [0.2, 0.25) is 0 Å². The lowest BCUT2D eigenvalue weighted by atomic mass is 10.2. The summed E-state index contributed by atoms with van der Waals surface area (Å²) in [5, 5.41) is 6.92. The van der Waals surface area contributed by atoms with Gasteiger partial charge in [-0.25, -0.2) is 0 Å². The number of rotatable bonds is 7. The number of hydrogen-bond acceptors (Lipinski definition) is 6. The van der Waals surface area contributed by atoms with E-state index in [0.717, 1.165) is 12.1 Å². The maximum Gasteiger partial charge on any atom is 0.227 e. The van der Waals surface area contributed by atoms with Gasteiger partial charge in [-0.2, -0.15) is 4.98 Å². The number of amides is 1. The van der Waals surface area contributed by atoms with Crippen molar-refractivity contribution in [3.05, 3.63) is 30.4 Å². The summed E-state index contributed by atoms with van der Waals surface area (Å²) in [6.07, 6.45) is 4.15. The first-order valence-electron chi connectivity index (χ1n) is 6.82. The molecule has 0 atom stereocenters. The Hall–Kier alpha value is -2.28. The fourth-order valence-electron chi connectivity index (χ4n) is 1.78. The molecule has 0 spiro atoms. The minimum absolute atomic E-state index is 0.0638. The van der Waals surface area contributed by atoms with E-state index in [4.69, 9.17) is 4.52 Å². The molecule has 1 amide bonds. The first-order valence-corrected chi connectivity index (χ1v) is 6.82.